The van der Waals surface area contributed by atoms with E-state index in [0.29, 0.717) is 11.3 Å². The van der Waals surface area contributed by atoms with Crippen LogP contribution in [-0.2, 0) is 6.18 Å². The minimum absolute atomic E-state index is 0.164. The fourth-order valence-corrected chi connectivity index (χ4v) is 3.67. The Bertz CT molecular complexity index is 1030. The molecule has 0 bridgehead atoms. The van der Waals surface area contributed by atoms with Crippen LogP contribution in [0.1, 0.15) is 34.3 Å². The second-order valence-corrected chi connectivity index (χ2v) is 7.06. The number of nitrogens with one attached hydrogen (secondary N) is 1. The third-order valence-electron chi connectivity index (χ3n) is 5.21. The van der Waals surface area contributed by atoms with Crippen molar-refractivity contribution in [3.63, 3.8) is 0 Å². The van der Waals surface area contributed by atoms with Gasteiger partial charge < -0.3 is 5.32 Å². The molecule has 6 heteroatoms. The number of hydrogen-bond acceptors (Lipinski definition) is 2. The fourth-order valence-electron chi connectivity index (χ4n) is 3.67. The van der Waals surface area contributed by atoms with E-state index in [1.165, 1.54) is 17.0 Å². The lowest BCUT2D eigenvalue weighted by Gasteiger charge is -2.41. The van der Waals surface area contributed by atoms with Gasteiger partial charge in [-0.05, 0) is 35.9 Å². The van der Waals surface area contributed by atoms with Gasteiger partial charge in [0.1, 0.15) is 6.17 Å². The van der Waals surface area contributed by atoms with Crippen LogP contribution < -0.4 is 10.2 Å². The van der Waals surface area contributed by atoms with Gasteiger partial charge in [0.25, 0.3) is 5.91 Å². The quantitative estimate of drug-likeness (QED) is 0.597. The lowest BCUT2D eigenvalue weighted by Crippen LogP contribution is -2.51. The fraction of sp³-hybridized carbons (Fsp3) is 0.174. The molecule has 29 heavy (non-hydrogen) atoms. The molecule has 1 amide bonds. The van der Waals surface area contributed by atoms with Gasteiger partial charge in [0, 0.05) is 17.3 Å². The average molecular weight is 396 g/mol. The maximum absolute atomic E-state index is 13.3. The summed E-state index contributed by atoms with van der Waals surface area (Å²) in [5.74, 6) is -0.491. The van der Waals surface area contributed by atoms with Crippen LogP contribution in [-0.4, -0.2) is 12.1 Å². The number of benzene rings is 3. The molecule has 1 heterocycles. The third kappa shape index (κ3) is 3.58. The molecule has 1 aliphatic heterocycles. The minimum Gasteiger partial charge on any atom is -0.364 e. The summed E-state index contributed by atoms with van der Waals surface area (Å²) in [7, 11) is 0. The predicted molar refractivity (Wildman–Crippen MR) is 107 cm³/mol. The summed E-state index contributed by atoms with van der Waals surface area (Å²) in [6.45, 7) is 1.95. The van der Waals surface area contributed by atoms with Crippen molar-refractivity contribution in [3.8, 4) is 0 Å². The molecule has 3 aromatic carbocycles. The van der Waals surface area contributed by atoms with Gasteiger partial charge in [-0.1, -0.05) is 55.5 Å². The molecule has 0 aliphatic carbocycles. The van der Waals surface area contributed by atoms with Crippen molar-refractivity contribution < 1.29 is 18.0 Å². The van der Waals surface area contributed by atoms with Gasteiger partial charge in [0.05, 0.1) is 11.1 Å². The lowest BCUT2D eigenvalue weighted by atomic mass is 9.93. The van der Waals surface area contributed by atoms with Gasteiger partial charge in [-0.25, -0.2) is 0 Å². The number of carbonyl (C=O) groups excluding carboxylic acids is 1. The van der Waals surface area contributed by atoms with E-state index in [4.69, 9.17) is 0 Å². The average Bonchev–Trinajstić information content (AvgIpc) is 2.73. The van der Waals surface area contributed by atoms with Crippen LogP contribution in [0.25, 0.3) is 0 Å². The summed E-state index contributed by atoms with van der Waals surface area (Å²) in [6, 6.07) is 21.5. The van der Waals surface area contributed by atoms with E-state index < -0.39 is 17.9 Å². The molecule has 0 fully saturated rings. The Labute approximate surface area is 166 Å². The van der Waals surface area contributed by atoms with E-state index in [0.717, 1.165) is 17.7 Å². The number of anilines is 2. The van der Waals surface area contributed by atoms with Crippen molar-refractivity contribution >= 4 is 17.3 Å². The Balaban J connectivity index is 1.83. The van der Waals surface area contributed by atoms with Crippen molar-refractivity contribution in [2.24, 2.45) is 0 Å². The smallest absolute Gasteiger partial charge is 0.364 e. The number of amides is 1. The highest BCUT2D eigenvalue weighted by Crippen LogP contribution is 2.37. The van der Waals surface area contributed by atoms with Crippen molar-refractivity contribution in [2.75, 3.05) is 10.2 Å². The monoisotopic (exact) mass is 396 g/mol. The van der Waals surface area contributed by atoms with Crippen molar-refractivity contribution in [2.45, 2.75) is 25.2 Å². The Hall–Kier alpha value is -3.28. The van der Waals surface area contributed by atoms with Crippen LogP contribution in [0.15, 0.2) is 78.9 Å². The summed E-state index contributed by atoms with van der Waals surface area (Å²) in [5.41, 5.74) is 1.51. The first kappa shape index (κ1) is 19.1. The number of carbonyl (C=O) groups is 1. The Morgan fingerprint density at radius 1 is 0.931 bits per heavy atom. The largest absolute Gasteiger partial charge is 0.416 e. The number of nitrogens with zero attached hydrogens (tertiary/aromatic N) is 1. The van der Waals surface area contributed by atoms with Crippen LogP contribution in [0.4, 0.5) is 24.5 Å². The SMILES string of the molecule is CC(c1ccccc1)C1Nc2ccccc2C(=O)N1c1cccc(C(F)(F)F)c1. The van der Waals surface area contributed by atoms with Crippen LogP contribution in [0.5, 0.6) is 0 Å². The maximum atomic E-state index is 13.3. The molecule has 2 unspecified atom stereocenters. The van der Waals surface area contributed by atoms with Gasteiger partial charge in [0.15, 0.2) is 0 Å². The zero-order valence-corrected chi connectivity index (χ0v) is 15.6. The first-order chi connectivity index (χ1) is 13.9. The molecule has 148 valence electrons. The highest BCUT2D eigenvalue weighted by molar-refractivity contribution is 6.12. The van der Waals surface area contributed by atoms with Crippen LogP contribution in [0.3, 0.4) is 0 Å². The number of fused-ring (bicyclic) bond motifs is 1. The minimum atomic E-state index is -4.49. The molecule has 3 aromatic rings. The van der Waals surface area contributed by atoms with E-state index in [2.05, 4.69) is 5.32 Å². The van der Waals surface area contributed by atoms with Gasteiger partial charge in [-0.2, -0.15) is 13.2 Å². The molecule has 2 atom stereocenters. The van der Waals surface area contributed by atoms with Crippen molar-refractivity contribution in [1.82, 2.24) is 0 Å². The molecule has 0 radical (unpaired) electrons. The molecule has 3 nitrogen and oxygen atoms in total. The number of rotatable bonds is 3. The van der Waals surface area contributed by atoms with E-state index in [1.807, 2.05) is 43.3 Å². The lowest BCUT2D eigenvalue weighted by molar-refractivity contribution is -0.137. The van der Waals surface area contributed by atoms with Gasteiger partial charge in [-0.15, -0.1) is 0 Å². The van der Waals surface area contributed by atoms with Crippen molar-refractivity contribution in [3.05, 3.63) is 95.6 Å². The number of para-hydroxylation sites is 1. The summed E-state index contributed by atoms with van der Waals surface area (Å²) in [4.78, 5) is 14.8. The van der Waals surface area contributed by atoms with Crippen LogP contribution in [0, 0.1) is 0 Å². The van der Waals surface area contributed by atoms with E-state index in [-0.39, 0.29) is 17.5 Å². The highest BCUT2D eigenvalue weighted by atomic mass is 19.4. The second kappa shape index (κ2) is 7.28. The Morgan fingerprint density at radius 3 is 2.34 bits per heavy atom. The Morgan fingerprint density at radius 2 is 1.62 bits per heavy atom. The molecule has 0 spiro atoms. The zero-order valence-electron chi connectivity index (χ0n) is 15.6. The molecule has 0 saturated heterocycles. The number of alkyl halides is 3. The number of halogens is 3. The third-order valence-corrected chi connectivity index (χ3v) is 5.21. The summed E-state index contributed by atoms with van der Waals surface area (Å²) < 4.78 is 39.8. The molecule has 0 aromatic heterocycles. The standard InChI is InChI=1S/C23H19F3N2O/c1-15(16-8-3-2-4-9-16)21-27-20-13-6-5-12-19(20)22(29)28(21)18-11-7-10-17(14-18)23(24,25)26/h2-15,21,27H,1H3. The molecular formula is C23H19F3N2O. The topological polar surface area (TPSA) is 32.3 Å². The molecule has 4 rings (SSSR count). The predicted octanol–water partition coefficient (Wildman–Crippen LogP) is 5.91. The summed E-state index contributed by atoms with van der Waals surface area (Å²) >= 11 is 0. The molecule has 1 aliphatic rings. The van der Waals surface area contributed by atoms with E-state index in [1.54, 1.807) is 18.2 Å². The van der Waals surface area contributed by atoms with Gasteiger partial charge in [-0.3, -0.25) is 9.69 Å². The van der Waals surface area contributed by atoms with Crippen LogP contribution >= 0.6 is 0 Å². The van der Waals surface area contributed by atoms with E-state index >= 15 is 0 Å². The van der Waals surface area contributed by atoms with Crippen molar-refractivity contribution in [1.29, 1.82) is 0 Å². The summed E-state index contributed by atoms with van der Waals surface area (Å²) in [6.07, 6.45) is -5.02. The molecule has 1 N–H and O–H groups in total. The summed E-state index contributed by atoms with van der Waals surface area (Å²) in [5, 5.41) is 3.36. The normalized spacial score (nSPS) is 17.4. The maximum Gasteiger partial charge on any atom is 0.416 e. The highest BCUT2D eigenvalue weighted by Gasteiger charge is 2.38. The molecule has 0 saturated carbocycles. The number of hydrogen-bond donors (Lipinski definition) is 1. The van der Waals surface area contributed by atoms with E-state index in [9.17, 15) is 18.0 Å². The second-order valence-electron chi connectivity index (χ2n) is 7.06. The first-order valence-electron chi connectivity index (χ1n) is 9.27. The first-order valence-corrected chi connectivity index (χ1v) is 9.27. The van der Waals surface area contributed by atoms with Gasteiger partial charge in [0.2, 0.25) is 0 Å². The molecular weight excluding hydrogens is 377 g/mol. The zero-order chi connectivity index (χ0) is 20.6. The Kier molecular flexibility index (Phi) is 4.78. The van der Waals surface area contributed by atoms with Gasteiger partial charge >= 0.3 is 6.18 Å². The van der Waals surface area contributed by atoms with Crippen LogP contribution in [0.2, 0.25) is 0 Å².